The third-order valence-electron chi connectivity index (χ3n) is 1.62. The van der Waals surface area contributed by atoms with E-state index < -0.39 is 10.0 Å². The normalized spacial score (nSPS) is 10.8. The molecule has 0 spiro atoms. The first-order chi connectivity index (χ1) is 7.45. The number of nitrogens with one attached hydrogen (secondary N) is 1. The lowest BCUT2D eigenvalue weighted by Crippen LogP contribution is -2.24. The maximum Gasteiger partial charge on any atom is 0.242 e. The van der Waals surface area contributed by atoms with Gasteiger partial charge in [0, 0.05) is 17.8 Å². The number of hydrogen-bond acceptors (Lipinski definition) is 4. The minimum absolute atomic E-state index is 0.0237. The molecule has 84 valence electrons. The van der Waals surface area contributed by atoms with E-state index in [0.717, 1.165) is 6.20 Å². The smallest absolute Gasteiger partial charge is 0.242 e. The van der Waals surface area contributed by atoms with Gasteiger partial charge in [0.2, 0.25) is 10.0 Å². The van der Waals surface area contributed by atoms with Crippen LogP contribution in [0.5, 0.6) is 0 Å². The number of nitrogens with zero attached hydrogens (tertiary/aromatic N) is 2. The van der Waals surface area contributed by atoms with E-state index in [1.807, 2.05) is 0 Å². The highest BCUT2D eigenvalue weighted by molar-refractivity contribution is 7.89. The Morgan fingerprint density at radius 1 is 1.62 bits per heavy atom. The van der Waals surface area contributed by atoms with Crippen LogP contribution in [0.25, 0.3) is 0 Å². The molecule has 0 aliphatic heterocycles. The molecule has 0 saturated carbocycles. The molecular formula is C9H8ClN3O2S. The van der Waals surface area contributed by atoms with Gasteiger partial charge in [-0.05, 0) is 12.1 Å². The Morgan fingerprint density at radius 2 is 2.31 bits per heavy atom. The van der Waals surface area contributed by atoms with Crippen LogP contribution in [-0.4, -0.2) is 19.9 Å². The van der Waals surface area contributed by atoms with Gasteiger partial charge in [-0.1, -0.05) is 18.2 Å². The van der Waals surface area contributed by atoms with E-state index in [-0.39, 0.29) is 22.2 Å². The molecule has 1 N–H and O–H groups in total. The number of pyridine rings is 1. The van der Waals surface area contributed by atoms with E-state index in [0.29, 0.717) is 0 Å². The van der Waals surface area contributed by atoms with Crippen LogP contribution >= 0.6 is 11.6 Å². The van der Waals surface area contributed by atoms with Crippen LogP contribution in [0.4, 0.5) is 0 Å². The molecule has 1 heterocycles. The second-order valence-corrected chi connectivity index (χ2v) is 5.13. The lowest BCUT2D eigenvalue weighted by Gasteiger charge is -2.04. The van der Waals surface area contributed by atoms with Crippen LogP contribution in [0, 0.1) is 11.3 Å². The van der Waals surface area contributed by atoms with Crippen LogP contribution in [0.1, 0.15) is 5.69 Å². The van der Waals surface area contributed by atoms with E-state index in [2.05, 4.69) is 16.3 Å². The molecular weight excluding hydrogens is 250 g/mol. The lowest BCUT2D eigenvalue weighted by molar-refractivity contribution is 0.585. The molecule has 1 rings (SSSR count). The van der Waals surface area contributed by atoms with E-state index >= 15 is 0 Å². The predicted octanol–water partition coefficient (Wildman–Crippen LogP) is 0.984. The van der Waals surface area contributed by atoms with Gasteiger partial charge in [-0.25, -0.2) is 18.1 Å². The monoisotopic (exact) mass is 257 g/mol. The average molecular weight is 258 g/mol. The van der Waals surface area contributed by atoms with E-state index in [1.165, 1.54) is 12.1 Å². The Labute approximate surface area is 98.4 Å². The number of rotatable bonds is 4. The number of hydrogen-bond donors (Lipinski definition) is 1. The zero-order valence-corrected chi connectivity index (χ0v) is 9.72. The minimum atomic E-state index is -3.65. The van der Waals surface area contributed by atoms with Gasteiger partial charge >= 0.3 is 0 Å². The van der Waals surface area contributed by atoms with Crippen molar-refractivity contribution in [2.45, 2.75) is 4.90 Å². The highest BCUT2D eigenvalue weighted by Gasteiger charge is 2.13. The van der Waals surface area contributed by atoms with Gasteiger partial charge in [-0.3, -0.25) is 0 Å². The molecule has 16 heavy (non-hydrogen) atoms. The van der Waals surface area contributed by atoms with E-state index in [9.17, 15) is 8.42 Å². The Bertz CT molecular complexity index is 531. The van der Waals surface area contributed by atoms with Crippen molar-refractivity contribution < 1.29 is 8.42 Å². The minimum Gasteiger partial charge on any atom is -0.244 e. The Morgan fingerprint density at radius 3 is 2.75 bits per heavy atom. The maximum absolute atomic E-state index is 11.6. The van der Waals surface area contributed by atoms with Crippen molar-refractivity contribution in [3.05, 3.63) is 35.6 Å². The highest BCUT2D eigenvalue weighted by atomic mass is 35.5. The van der Waals surface area contributed by atoms with Crippen molar-refractivity contribution >= 4 is 21.6 Å². The summed E-state index contributed by atoms with van der Waals surface area (Å²) in [7, 11) is -3.65. The fourth-order valence-electron chi connectivity index (χ4n) is 0.862. The van der Waals surface area contributed by atoms with Crippen LogP contribution < -0.4 is 4.72 Å². The molecule has 0 bridgehead atoms. The van der Waals surface area contributed by atoms with Crippen molar-refractivity contribution in [1.82, 2.24) is 9.71 Å². The number of nitriles is 1. The summed E-state index contributed by atoms with van der Waals surface area (Å²) in [4.78, 5) is 3.63. The Kier molecular flexibility index (Phi) is 4.01. The van der Waals surface area contributed by atoms with E-state index in [4.69, 9.17) is 16.9 Å². The molecule has 1 aromatic rings. The van der Waals surface area contributed by atoms with Crippen molar-refractivity contribution in [2.75, 3.05) is 6.54 Å². The summed E-state index contributed by atoms with van der Waals surface area (Å²) in [5.41, 5.74) is 0.153. The van der Waals surface area contributed by atoms with Gasteiger partial charge in [0.15, 0.2) is 0 Å². The zero-order valence-electron chi connectivity index (χ0n) is 8.14. The SMILES string of the molecule is C=C(Cl)CNS(=O)(=O)c1ccc(C#N)nc1. The molecule has 0 fully saturated rings. The molecule has 0 atom stereocenters. The summed E-state index contributed by atoms with van der Waals surface area (Å²) in [6.07, 6.45) is 1.11. The molecule has 0 amide bonds. The van der Waals surface area contributed by atoms with E-state index in [1.54, 1.807) is 6.07 Å². The van der Waals surface area contributed by atoms with Crippen LogP contribution in [0.3, 0.4) is 0 Å². The maximum atomic E-state index is 11.6. The third kappa shape index (κ3) is 3.31. The van der Waals surface area contributed by atoms with Gasteiger partial charge in [0.1, 0.15) is 16.7 Å². The molecule has 0 aliphatic rings. The molecule has 0 unspecified atom stereocenters. The second kappa shape index (κ2) is 5.07. The van der Waals surface area contributed by atoms with Crippen molar-refractivity contribution in [2.24, 2.45) is 0 Å². The summed E-state index contributed by atoms with van der Waals surface area (Å²) < 4.78 is 25.4. The zero-order chi connectivity index (χ0) is 12.2. The molecule has 7 heteroatoms. The van der Waals surface area contributed by atoms with Gasteiger partial charge in [-0.2, -0.15) is 5.26 Å². The summed E-state index contributed by atoms with van der Waals surface area (Å²) in [6.45, 7) is 3.31. The summed E-state index contributed by atoms with van der Waals surface area (Å²) >= 11 is 5.44. The molecule has 5 nitrogen and oxygen atoms in total. The molecule has 0 aliphatic carbocycles. The number of halogens is 1. The third-order valence-corrected chi connectivity index (χ3v) is 3.14. The van der Waals surface area contributed by atoms with Crippen molar-refractivity contribution in [3.8, 4) is 6.07 Å². The molecule has 0 saturated heterocycles. The van der Waals surface area contributed by atoms with Gasteiger partial charge < -0.3 is 0 Å². The van der Waals surface area contributed by atoms with Crippen LogP contribution in [0.15, 0.2) is 34.8 Å². The topological polar surface area (TPSA) is 82.9 Å². The van der Waals surface area contributed by atoms with Crippen molar-refractivity contribution in [1.29, 1.82) is 5.26 Å². The predicted molar refractivity (Wildman–Crippen MR) is 59.1 cm³/mol. The summed E-state index contributed by atoms with van der Waals surface area (Å²) in [6, 6.07) is 4.41. The average Bonchev–Trinajstić information content (AvgIpc) is 2.27. The second-order valence-electron chi connectivity index (χ2n) is 2.83. The number of sulfonamides is 1. The van der Waals surface area contributed by atoms with Crippen molar-refractivity contribution in [3.63, 3.8) is 0 Å². The summed E-state index contributed by atoms with van der Waals surface area (Å²) in [5, 5.41) is 8.69. The number of aromatic nitrogens is 1. The Balaban J connectivity index is 2.91. The molecule has 0 radical (unpaired) electrons. The first-order valence-corrected chi connectivity index (χ1v) is 6.01. The quantitative estimate of drug-likeness (QED) is 0.872. The lowest BCUT2D eigenvalue weighted by atomic mass is 10.4. The first-order valence-electron chi connectivity index (χ1n) is 4.15. The fourth-order valence-corrected chi connectivity index (χ4v) is 1.98. The van der Waals surface area contributed by atoms with Gasteiger partial charge in [-0.15, -0.1) is 0 Å². The van der Waals surface area contributed by atoms with Crippen LogP contribution in [-0.2, 0) is 10.0 Å². The molecule has 1 aromatic heterocycles. The largest absolute Gasteiger partial charge is 0.244 e. The highest BCUT2D eigenvalue weighted by Crippen LogP contribution is 2.08. The Hall–Kier alpha value is -1.42. The first kappa shape index (κ1) is 12.6. The fraction of sp³-hybridized carbons (Fsp3) is 0.111. The van der Waals surface area contributed by atoms with Gasteiger partial charge in [0.25, 0.3) is 0 Å². The summed E-state index contributed by atoms with van der Waals surface area (Å²) in [5.74, 6) is 0. The van der Waals surface area contributed by atoms with Gasteiger partial charge in [0.05, 0.1) is 0 Å². The standard InChI is InChI=1S/C9H8ClN3O2S/c1-7(10)5-13-16(14,15)9-3-2-8(4-11)12-6-9/h2-3,6,13H,1,5H2. The molecule has 0 aromatic carbocycles. The van der Waals surface area contributed by atoms with Crippen LogP contribution in [0.2, 0.25) is 0 Å².